The van der Waals surface area contributed by atoms with Gasteiger partial charge in [-0.05, 0) is 34.4 Å². The first-order chi connectivity index (χ1) is 10.6. The van der Waals surface area contributed by atoms with Gasteiger partial charge in [0.1, 0.15) is 0 Å². The van der Waals surface area contributed by atoms with E-state index in [0.717, 1.165) is 23.3 Å². The van der Waals surface area contributed by atoms with E-state index in [0.29, 0.717) is 5.69 Å². The number of carbonyl (C=O) groups excluding carboxylic acids is 1. The second-order valence-electron chi connectivity index (χ2n) is 4.91. The molecule has 0 bridgehead atoms. The Morgan fingerprint density at radius 1 is 1.05 bits per heavy atom. The Morgan fingerprint density at radius 3 is 2.55 bits per heavy atom. The summed E-state index contributed by atoms with van der Waals surface area (Å²) >= 11 is 3.68. The van der Waals surface area contributed by atoms with Crippen molar-refractivity contribution in [3.63, 3.8) is 0 Å². The molecule has 1 amide bonds. The summed E-state index contributed by atoms with van der Waals surface area (Å²) in [6.07, 6.45) is 1.81. The highest BCUT2D eigenvalue weighted by Crippen LogP contribution is 2.48. The molecule has 1 atom stereocenters. The number of aliphatic carboxylic acids is 1. The van der Waals surface area contributed by atoms with Crippen LogP contribution in [0.2, 0.25) is 0 Å². The minimum absolute atomic E-state index is 0.0881. The number of amides is 1. The highest BCUT2D eigenvalue weighted by molar-refractivity contribution is 9.09. The van der Waals surface area contributed by atoms with Gasteiger partial charge in [-0.15, -0.1) is 0 Å². The number of fused-ring (bicyclic) bond motifs is 3. The number of alkyl halides is 1. The van der Waals surface area contributed by atoms with Crippen LogP contribution in [0.25, 0.3) is 11.1 Å². The quantitative estimate of drug-likeness (QED) is 0.649. The van der Waals surface area contributed by atoms with Gasteiger partial charge in [0.05, 0.1) is 4.83 Å². The molecule has 1 unspecified atom stereocenters. The lowest BCUT2D eigenvalue weighted by molar-refractivity contribution is -0.131. The molecule has 1 aliphatic rings. The maximum atomic E-state index is 11.6. The van der Waals surface area contributed by atoms with Gasteiger partial charge in [-0.3, -0.25) is 4.79 Å². The molecule has 2 N–H and O–H groups in total. The van der Waals surface area contributed by atoms with E-state index in [9.17, 15) is 9.59 Å². The Kier molecular flexibility index (Phi) is 3.81. The Balaban J connectivity index is 1.87. The van der Waals surface area contributed by atoms with E-state index < -0.39 is 11.9 Å². The number of anilines is 1. The third kappa shape index (κ3) is 2.67. The number of halogens is 1. The molecule has 0 aliphatic heterocycles. The molecule has 110 valence electrons. The van der Waals surface area contributed by atoms with Crippen LogP contribution in [0.4, 0.5) is 5.69 Å². The van der Waals surface area contributed by atoms with E-state index in [1.54, 1.807) is 0 Å². The van der Waals surface area contributed by atoms with Crippen LogP contribution in [0.15, 0.2) is 54.6 Å². The molecular weight excluding hydrogens is 346 g/mol. The molecule has 0 radical (unpaired) electrons. The van der Waals surface area contributed by atoms with Gasteiger partial charge >= 0.3 is 5.97 Å². The number of rotatable bonds is 3. The predicted octanol–water partition coefficient (Wildman–Crippen LogP) is 3.73. The number of nitrogens with one attached hydrogen (secondary N) is 1. The van der Waals surface area contributed by atoms with E-state index in [1.807, 2.05) is 30.3 Å². The van der Waals surface area contributed by atoms with Crippen LogP contribution >= 0.6 is 15.9 Å². The summed E-state index contributed by atoms with van der Waals surface area (Å²) < 4.78 is 0. The second kappa shape index (κ2) is 5.77. The van der Waals surface area contributed by atoms with Crippen molar-refractivity contribution in [3.8, 4) is 11.1 Å². The SMILES string of the molecule is O=C(O)/C=C/C(=O)Nc1ccc2c(c1)C(Br)c1ccccc1-2. The summed E-state index contributed by atoms with van der Waals surface area (Å²) in [5, 5.41) is 11.2. The molecule has 5 heteroatoms. The van der Waals surface area contributed by atoms with Crippen LogP contribution in [-0.2, 0) is 9.59 Å². The fraction of sp³-hybridized carbons (Fsp3) is 0.0588. The maximum Gasteiger partial charge on any atom is 0.328 e. The Bertz CT molecular complexity index is 798. The molecule has 4 nitrogen and oxygen atoms in total. The summed E-state index contributed by atoms with van der Waals surface area (Å²) in [7, 11) is 0. The van der Waals surface area contributed by atoms with Crippen molar-refractivity contribution in [3.05, 3.63) is 65.7 Å². The lowest BCUT2D eigenvalue weighted by atomic mass is 10.1. The normalized spacial score (nSPS) is 15.4. The first-order valence-corrected chi connectivity index (χ1v) is 7.57. The summed E-state index contributed by atoms with van der Waals surface area (Å²) in [4.78, 5) is 22.1. The molecule has 2 aromatic carbocycles. The molecule has 3 rings (SSSR count). The van der Waals surface area contributed by atoms with Crippen molar-refractivity contribution in [1.29, 1.82) is 0 Å². The number of hydrogen-bond acceptors (Lipinski definition) is 2. The lowest BCUT2D eigenvalue weighted by Crippen LogP contribution is -2.08. The monoisotopic (exact) mass is 357 g/mol. The summed E-state index contributed by atoms with van der Waals surface area (Å²) in [6.45, 7) is 0. The van der Waals surface area contributed by atoms with Crippen molar-refractivity contribution >= 4 is 33.5 Å². The van der Waals surface area contributed by atoms with Crippen molar-refractivity contribution in [2.24, 2.45) is 0 Å². The van der Waals surface area contributed by atoms with E-state index in [1.165, 1.54) is 11.1 Å². The summed E-state index contributed by atoms with van der Waals surface area (Å²) in [5.74, 6) is -1.62. The minimum Gasteiger partial charge on any atom is -0.478 e. The average molecular weight is 358 g/mol. The van der Waals surface area contributed by atoms with Gasteiger partial charge in [-0.2, -0.15) is 0 Å². The van der Waals surface area contributed by atoms with Crippen LogP contribution in [0, 0.1) is 0 Å². The fourth-order valence-electron chi connectivity index (χ4n) is 2.56. The molecule has 1 aliphatic carbocycles. The summed E-state index contributed by atoms with van der Waals surface area (Å²) in [6, 6.07) is 13.8. The Hall–Kier alpha value is -2.40. The number of carboxylic acids is 1. The Morgan fingerprint density at radius 2 is 1.77 bits per heavy atom. The average Bonchev–Trinajstić information content (AvgIpc) is 2.79. The van der Waals surface area contributed by atoms with Gasteiger partial charge in [0.25, 0.3) is 0 Å². The number of carboxylic acid groups (broad SMARTS) is 1. The molecule has 22 heavy (non-hydrogen) atoms. The Labute approximate surface area is 135 Å². The molecule has 0 saturated carbocycles. The van der Waals surface area contributed by atoms with Crippen molar-refractivity contribution in [1.82, 2.24) is 0 Å². The van der Waals surface area contributed by atoms with Gasteiger partial charge in [0.2, 0.25) is 5.91 Å². The molecule has 2 aromatic rings. The van der Waals surface area contributed by atoms with Crippen LogP contribution in [0.3, 0.4) is 0 Å². The van der Waals surface area contributed by atoms with Gasteiger partial charge < -0.3 is 10.4 Å². The van der Waals surface area contributed by atoms with Crippen molar-refractivity contribution in [2.45, 2.75) is 4.83 Å². The zero-order chi connectivity index (χ0) is 15.7. The smallest absolute Gasteiger partial charge is 0.328 e. The zero-order valence-electron chi connectivity index (χ0n) is 11.4. The molecule has 0 saturated heterocycles. The zero-order valence-corrected chi connectivity index (χ0v) is 13.0. The van der Waals surface area contributed by atoms with Gasteiger partial charge in [-0.1, -0.05) is 46.3 Å². The molecule has 0 spiro atoms. The van der Waals surface area contributed by atoms with Crippen LogP contribution in [0.5, 0.6) is 0 Å². The topological polar surface area (TPSA) is 66.4 Å². The minimum atomic E-state index is -1.15. The van der Waals surface area contributed by atoms with Crippen LogP contribution in [-0.4, -0.2) is 17.0 Å². The second-order valence-corrected chi connectivity index (χ2v) is 5.83. The molecular formula is C17H12BrNO3. The van der Waals surface area contributed by atoms with E-state index in [4.69, 9.17) is 5.11 Å². The van der Waals surface area contributed by atoms with Crippen molar-refractivity contribution in [2.75, 3.05) is 5.32 Å². The predicted molar refractivity (Wildman–Crippen MR) is 88.1 cm³/mol. The lowest BCUT2D eigenvalue weighted by Gasteiger charge is -2.08. The van der Waals surface area contributed by atoms with E-state index >= 15 is 0 Å². The molecule has 0 aromatic heterocycles. The fourth-order valence-corrected chi connectivity index (χ4v) is 3.34. The van der Waals surface area contributed by atoms with Crippen LogP contribution < -0.4 is 5.32 Å². The van der Waals surface area contributed by atoms with E-state index in [2.05, 4.69) is 33.4 Å². The molecule has 0 heterocycles. The molecule has 0 fully saturated rings. The van der Waals surface area contributed by atoms with Crippen LogP contribution in [0.1, 0.15) is 16.0 Å². The first kappa shape index (κ1) is 14.5. The van der Waals surface area contributed by atoms with Gasteiger partial charge in [0.15, 0.2) is 0 Å². The van der Waals surface area contributed by atoms with Gasteiger partial charge in [0, 0.05) is 17.8 Å². The number of carbonyl (C=O) groups is 2. The van der Waals surface area contributed by atoms with Gasteiger partial charge in [-0.25, -0.2) is 4.79 Å². The third-order valence-corrected chi connectivity index (χ3v) is 4.48. The summed E-state index contributed by atoms with van der Waals surface area (Å²) in [5.41, 5.74) is 5.24. The standard InChI is InChI=1S/C17H12BrNO3/c18-17-13-4-2-1-3-11(13)12-6-5-10(9-14(12)17)19-15(20)7-8-16(21)22/h1-9,17H,(H,19,20)(H,21,22)/b8-7+. The number of benzene rings is 2. The third-order valence-electron chi connectivity index (χ3n) is 3.49. The highest BCUT2D eigenvalue weighted by Gasteiger charge is 2.26. The maximum absolute atomic E-state index is 11.6. The number of hydrogen-bond donors (Lipinski definition) is 2. The van der Waals surface area contributed by atoms with E-state index in [-0.39, 0.29) is 4.83 Å². The largest absolute Gasteiger partial charge is 0.478 e. The van der Waals surface area contributed by atoms with Crippen molar-refractivity contribution < 1.29 is 14.7 Å². The highest BCUT2D eigenvalue weighted by atomic mass is 79.9. The first-order valence-electron chi connectivity index (χ1n) is 6.65.